The van der Waals surface area contributed by atoms with E-state index in [0.717, 1.165) is 22.3 Å². The Bertz CT molecular complexity index is 2500. The second-order valence-electron chi connectivity index (χ2n) is 12.3. The predicted octanol–water partition coefficient (Wildman–Crippen LogP) is 12.3. The summed E-state index contributed by atoms with van der Waals surface area (Å²) < 4.78 is 0. The van der Waals surface area contributed by atoms with Gasteiger partial charge < -0.3 is 0 Å². The molecule has 0 bridgehead atoms. The number of hydrogen-bond acceptors (Lipinski definition) is 2. The molecule has 9 aromatic rings. The number of hydrogen-bond donors (Lipinski definition) is 0. The molecule has 0 spiro atoms. The highest BCUT2D eigenvalue weighted by Crippen LogP contribution is 2.41. The Morgan fingerprint density at radius 1 is 0.250 bits per heavy atom. The quantitative estimate of drug-likeness (QED) is 0.181. The lowest BCUT2D eigenvalue weighted by molar-refractivity contribution is 1.33. The normalized spacial score (nSPS) is 11.3. The third kappa shape index (κ3) is 4.92. The van der Waals surface area contributed by atoms with Gasteiger partial charge in [0.2, 0.25) is 0 Å². The molecule has 0 amide bonds. The van der Waals surface area contributed by atoms with Crippen molar-refractivity contribution in [1.82, 2.24) is 9.97 Å². The van der Waals surface area contributed by atoms with Crippen LogP contribution in [0.5, 0.6) is 0 Å². The third-order valence-electron chi connectivity index (χ3n) is 9.43. The Balaban J connectivity index is 1.18. The fourth-order valence-electron chi connectivity index (χ4n) is 7.16. The summed E-state index contributed by atoms with van der Waals surface area (Å²) in [6.07, 6.45) is 7.40. The summed E-state index contributed by atoms with van der Waals surface area (Å²) in [7, 11) is 0. The van der Waals surface area contributed by atoms with Gasteiger partial charge in [-0.1, -0.05) is 103 Å². The molecule has 0 atom stereocenters. The summed E-state index contributed by atoms with van der Waals surface area (Å²) in [5, 5.41) is 7.74. The van der Waals surface area contributed by atoms with Crippen molar-refractivity contribution in [2.75, 3.05) is 0 Å². The first-order chi connectivity index (χ1) is 23.8. The molecule has 7 aromatic carbocycles. The maximum atomic E-state index is 4.24. The molecule has 0 saturated carbocycles. The van der Waals surface area contributed by atoms with Crippen molar-refractivity contribution in [2.45, 2.75) is 0 Å². The highest BCUT2D eigenvalue weighted by Gasteiger charge is 2.14. The van der Waals surface area contributed by atoms with Gasteiger partial charge in [0.25, 0.3) is 0 Å². The van der Waals surface area contributed by atoms with Gasteiger partial charge in [0.05, 0.1) is 0 Å². The van der Waals surface area contributed by atoms with Crippen molar-refractivity contribution >= 4 is 32.3 Å². The average Bonchev–Trinajstić information content (AvgIpc) is 3.18. The molecule has 2 aromatic heterocycles. The highest BCUT2D eigenvalue weighted by molar-refractivity contribution is 6.28. The number of benzene rings is 7. The van der Waals surface area contributed by atoms with Crippen LogP contribution in [0.3, 0.4) is 0 Å². The molecule has 0 N–H and O–H groups in total. The van der Waals surface area contributed by atoms with E-state index in [-0.39, 0.29) is 0 Å². The van der Waals surface area contributed by atoms with Crippen LogP contribution in [0, 0.1) is 0 Å². The number of rotatable bonds is 5. The number of nitrogens with zero attached hydrogens (tertiary/aromatic N) is 2. The van der Waals surface area contributed by atoms with Crippen LogP contribution in [-0.4, -0.2) is 9.97 Å². The molecule has 0 aliphatic rings. The standard InChI is InChI=1S/C46H30N2/c1-2-13-43-41(12-1)42-14-3-4-15-44(42)46-40(16-7-17-45(43)46)36-11-6-9-34(27-36)33-8-5-10-35(26-33)39-29-37(31-18-22-47-23-19-31)28-38(30-39)32-20-24-48-25-21-32/h1-30H. The van der Waals surface area contributed by atoms with Crippen LogP contribution in [0.15, 0.2) is 183 Å². The third-order valence-corrected chi connectivity index (χ3v) is 9.43. The minimum atomic E-state index is 1.14. The van der Waals surface area contributed by atoms with Gasteiger partial charge in [-0.3, -0.25) is 9.97 Å². The van der Waals surface area contributed by atoms with E-state index in [1.807, 2.05) is 24.8 Å². The molecule has 0 unspecified atom stereocenters. The minimum Gasteiger partial charge on any atom is -0.265 e. The van der Waals surface area contributed by atoms with E-state index in [0.29, 0.717) is 0 Å². The summed E-state index contributed by atoms with van der Waals surface area (Å²) in [5.74, 6) is 0. The van der Waals surface area contributed by atoms with Crippen LogP contribution >= 0.6 is 0 Å². The first-order valence-electron chi connectivity index (χ1n) is 16.3. The Hall–Kier alpha value is -6.38. The molecule has 0 aliphatic heterocycles. The molecule has 0 aliphatic carbocycles. The van der Waals surface area contributed by atoms with E-state index in [2.05, 4.69) is 168 Å². The highest BCUT2D eigenvalue weighted by atomic mass is 14.6. The zero-order valence-electron chi connectivity index (χ0n) is 26.2. The van der Waals surface area contributed by atoms with Crippen LogP contribution in [0.2, 0.25) is 0 Å². The molecular weight excluding hydrogens is 581 g/mol. The van der Waals surface area contributed by atoms with Gasteiger partial charge in [0, 0.05) is 24.8 Å². The molecule has 0 radical (unpaired) electrons. The average molecular weight is 611 g/mol. The van der Waals surface area contributed by atoms with E-state index in [4.69, 9.17) is 0 Å². The zero-order chi connectivity index (χ0) is 31.9. The molecule has 2 heteroatoms. The van der Waals surface area contributed by atoms with Crippen molar-refractivity contribution in [3.05, 3.63) is 183 Å². The Kier molecular flexibility index (Phi) is 6.84. The van der Waals surface area contributed by atoms with Crippen molar-refractivity contribution in [3.63, 3.8) is 0 Å². The van der Waals surface area contributed by atoms with Crippen LogP contribution in [0.25, 0.3) is 88.0 Å². The van der Waals surface area contributed by atoms with E-state index in [1.165, 1.54) is 65.7 Å². The van der Waals surface area contributed by atoms with Crippen LogP contribution in [0.4, 0.5) is 0 Å². The zero-order valence-corrected chi connectivity index (χ0v) is 26.2. The van der Waals surface area contributed by atoms with Gasteiger partial charge >= 0.3 is 0 Å². The molecular formula is C46H30N2. The van der Waals surface area contributed by atoms with Gasteiger partial charge in [-0.15, -0.1) is 0 Å². The maximum Gasteiger partial charge on any atom is 0.0273 e. The fourth-order valence-corrected chi connectivity index (χ4v) is 7.16. The Morgan fingerprint density at radius 3 is 1.15 bits per heavy atom. The summed E-state index contributed by atoms with van der Waals surface area (Å²) in [5.41, 5.74) is 11.8. The van der Waals surface area contributed by atoms with Gasteiger partial charge in [-0.05, 0) is 143 Å². The Morgan fingerprint density at radius 2 is 0.604 bits per heavy atom. The van der Waals surface area contributed by atoms with Gasteiger partial charge in [0.15, 0.2) is 0 Å². The van der Waals surface area contributed by atoms with Crippen molar-refractivity contribution < 1.29 is 0 Å². The summed E-state index contributed by atoms with van der Waals surface area (Å²) in [6.45, 7) is 0. The van der Waals surface area contributed by atoms with E-state index in [1.54, 1.807) is 0 Å². The maximum absolute atomic E-state index is 4.24. The molecule has 0 saturated heterocycles. The van der Waals surface area contributed by atoms with Crippen LogP contribution < -0.4 is 0 Å². The summed E-state index contributed by atoms with van der Waals surface area (Å²) >= 11 is 0. The van der Waals surface area contributed by atoms with Gasteiger partial charge in [-0.2, -0.15) is 0 Å². The summed E-state index contributed by atoms with van der Waals surface area (Å²) in [4.78, 5) is 8.49. The van der Waals surface area contributed by atoms with Gasteiger partial charge in [-0.25, -0.2) is 0 Å². The van der Waals surface area contributed by atoms with Crippen molar-refractivity contribution in [3.8, 4) is 55.6 Å². The molecule has 9 rings (SSSR count). The Labute approximate surface area is 279 Å². The second-order valence-corrected chi connectivity index (χ2v) is 12.3. The number of fused-ring (bicyclic) bond motifs is 6. The van der Waals surface area contributed by atoms with E-state index < -0.39 is 0 Å². The molecule has 224 valence electrons. The van der Waals surface area contributed by atoms with Crippen LogP contribution in [0.1, 0.15) is 0 Å². The van der Waals surface area contributed by atoms with Gasteiger partial charge in [0.1, 0.15) is 0 Å². The molecule has 48 heavy (non-hydrogen) atoms. The number of aromatic nitrogens is 2. The molecule has 0 fully saturated rings. The lowest BCUT2D eigenvalue weighted by Gasteiger charge is -2.15. The van der Waals surface area contributed by atoms with Crippen molar-refractivity contribution in [2.24, 2.45) is 0 Å². The van der Waals surface area contributed by atoms with Crippen molar-refractivity contribution in [1.29, 1.82) is 0 Å². The fraction of sp³-hybridized carbons (Fsp3) is 0. The monoisotopic (exact) mass is 610 g/mol. The smallest absolute Gasteiger partial charge is 0.0273 e. The second kappa shape index (κ2) is 11.8. The topological polar surface area (TPSA) is 25.8 Å². The first-order valence-corrected chi connectivity index (χ1v) is 16.3. The molecule has 2 nitrogen and oxygen atoms in total. The predicted molar refractivity (Wildman–Crippen MR) is 202 cm³/mol. The SMILES string of the molecule is c1cc(-c2cc(-c3ccncc3)cc(-c3ccncc3)c2)cc(-c2cccc(-c3cccc4c5ccccc5c5ccccc5c34)c2)c1. The number of pyridine rings is 2. The van der Waals surface area contributed by atoms with E-state index >= 15 is 0 Å². The van der Waals surface area contributed by atoms with Crippen LogP contribution in [-0.2, 0) is 0 Å². The minimum absolute atomic E-state index is 1.14. The lowest BCUT2D eigenvalue weighted by Crippen LogP contribution is -1.89. The summed E-state index contributed by atoms with van der Waals surface area (Å²) in [6, 6.07) is 57.3. The largest absolute Gasteiger partial charge is 0.265 e. The van der Waals surface area contributed by atoms with E-state index in [9.17, 15) is 0 Å². The lowest BCUT2D eigenvalue weighted by atomic mass is 9.88. The first kappa shape index (κ1) is 27.9. The molecule has 2 heterocycles.